The van der Waals surface area contributed by atoms with Gasteiger partial charge in [0.1, 0.15) is 0 Å². The van der Waals surface area contributed by atoms with Crippen LogP contribution in [-0.2, 0) is 0 Å². The maximum absolute atomic E-state index is 13.3. The van der Waals surface area contributed by atoms with Gasteiger partial charge in [-0.2, -0.15) is 18.3 Å². The van der Waals surface area contributed by atoms with Gasteiger partial charge in [0, 0.05) is 22.8 Å². The topological polar surface area (TPSA) is 64.0 Å². The van der Waals surface area contributed by atoms with Crippen molar-refractivity contribution >= 4 is 17.5 Å². The number of hydrogen-bond acceptors (Lipinski definition) is 3. The molecule has 150 valence electrons. The van der Waals surface area contributed by atoms with Crippen LogP contribution in [0.1, 0.15) is 41.9 Å². The molecule has 5 nitrogen and oxygen atoms in total. The molecular formula is C19H19ClF3N3O2. The zero-order valence-electron chi connectivity index (χ0n) is 15.1. The van der Waals surface area contributed by atoms with E-state index in [1.165, 1.54) is 10.7 Å². The van der Waals surface area contributed by atoms with Gasteiger partial charge in [0.25, 0.3) is 5.91 Å². The predicted octanol–water partition coefficient (Wildman–Crippen LogP) is 4.05. The molecule has 0 spiro atoms. The van der Waals surface area contributed by atoms with E-state index in [2.05, 4.69) is 10.4 Å². The highest BCUT2D eigenvalue weighted by Gasteiger charge is 2.46. The van der Waals surface area contributed by atoms with E-state index in [0.29, 0.717) is 29.2 Å². The van der Waals surface area contributed by atoms with Crippen LogP contribution in [0.25, 0.3) is 5.69 Å². The van der Waals surface area contributed by atoms with Gasteiger partial charge < -0.3 is 5.32 Å². The first-order valence-electron chi connectivity index (χ1n) is 8.91. The molecule has 1 fully saturated rings. The van der Waals surface area contributed by atoms with E-state index < -0.39 is 35.2 Å². The lowest BCUT2D eigenvalue weighted by molar-refractivity contribution is -0.187. The summed E-state index contributed by atoms with van der Waals surface area (Å²) in [6, 6.07) is 6.76. The van der Waals surface area contributed by atoms with Gasteiger partial charge in [-0.05, 0) is 44.0 Å². The lowest BCUT2D eigenvalue weighted by Gasteiger charge is -2.33. The number of hydrogen-bond donors (Lipinski definition) is 1. The number of rotatable bonds is 3. The van der Waals surface area contributed by atoms with Crippen molar-refractivity contribution in [3.8, 4) is 5.69 Å². The molecule has 1 aromatic carbocycles. The predicted molar refractivity (Wildman–Crippen MR) is 98.8 cm³/mol. The van der Waals surface area contributed by atoms with Gasteiger partial charge in [0.2, 0.25) is 5.43 Å². The summed E-state index contributed by atoms with van der Waals surface area (Å²) in [6.07, 6.45) is -3.17. The third-order valence-electron chi connectivity index (χ3n) is 4.90. The molecule has 1 heterocycles. The lowest BCUT2D eigenvalue weighted by Crippen LogP contribution is -2.48. The second-order valence-corrected chi connectivity index (χ2v) is 7.34. The van der Waals surface area contributed by atoms with Crippen LogP contribution in [0, 0.1) is 12.8 Å². The summed E-state index contributed by atoms with van der Waals surface area (Å²) in [5.74, 6) is -2.51. The van der Waals surface area contributed by atoms with E-state index in [1.54, 1.807) is 31.2 Å². The lowest BCUT2D eigenvalue weighted by atomic mass is 9.84. The molecule has 3 rings (SSSR count). The second kappa shape index (κ2) is 7.95. The molecule has 0 bridgehead atoms. The maximum atomic E-state index is 13.3. The van der Waals surface area contributed by atoms with E-state index in [0.717, 1.165) is 0 Å². The van der Waals surface area contributed by atoms with E-state index in [-0.39, 0.29) is 12.8 Å². The first-order chi connectivity index (χ1) is 13.2. The summed E-state index contributed by atoms with van der Waals surface area (Å²) in [5.41, 5.74) is -0.0249. The number of benzene rings is 1. The number of carbonyl (C=O) groups excluding carboxylic acids is 1. The van der Waals surface area contributed by atoms with Crippen molar-refractivity contribution in [2.75, 3.05) is 0 Å². The Kier molecular flexibility index (Phi) is 5.79. The number of halogens is 4. The summed E-state index contributed by atoms with van der Waals surface area (Å²) in [4.78, 5) is 24.8. The number of amides is 1. The van der Waals surface area contributed by atoms with Gasteiger partial charge in [-0.3, -0.25) is 9.59 Å². The molecule has 1 aliphatic rings. The molecule has 0 aliphatic heterocycles. The van der Waals surface area contributed by atoms with Crippen LogP contribution in [0.5, 0.6) is 0 Å². The minimum atomic E-state index is -4.40. The largest absolute Gasteiger partial charge is 0.393 e. The maximum Gasteiger partial charge on any atom is 0.393 e. The molecule has 9 heteroatoms. The van der Waals surface area contributed by atoms with Crippen molar-refractivity contribution in [2.24, 2.45) is 5.92 Å². The molecule has 0 saturated heterocycles. The quantitative estimate of drug-likeness (QED) is 0.825. The van der Waals surface area contributed by atoms with Crippen LogP contribution in [0.2, 0.25) is 5.02 Å². The fourth-order valence-electron chi connectivity index (χ4n) is 3.48. The second-order valence-electron chi connectivity index (χ2n) is 6.90. The van der Waals surface area contributed by atoms with Crippen molar-refractivity contribution in [1.82, 2.24) is 15.1 Å². The van der Waals surface area contributed by atoms with Crippen molar-refractivity contribution in [3.05, 3.63) is 57.0 Å². The molecule has 2 aromatic rings. The van der Waals surface area contributed by atoms with E-state index in [1.807, 2.05) is 0 Å². The van der Waals surface area contributed by atoms with Crippen LogP contribution < -0.4 is 10.7 Å². The van der Waals surface area contributed by atoms with Gasteiger partial charge in [0.05, 0.1) is 11.6 Å². The Morgan fingerprint density at radius 3 is 2.50 bits per heavy atom. The molecule has 1 N–H and O–H groups in total. The van der Waals surface area contributed by atoms with E-state index in [4.69, 9.17) is 11.6 Å². The third kappa shape index (κ3) is 4.38. The SMILES string of the molecule is Cc1cc(=O)c(C(=O)N[C@@H]2CCCC[C@H]2C(F)(F)F)nn1-c1ccc(Cl)cc1. The van der Waals surface area contributed by atoms with E-state index in [9.17, 15) is 22.8 Å². The minimum absolute atomic E-state index is 0.0369. The highest BCUT2D eigenvalue weighted by atomic mass is 35.5. The Morgan fingerprint density at radius 2 is 1.86 bits per heavy atom. The number of aromatic nitrogens is 2. The first-order valence-corrected chi connectivity index (χ1v) is 9.29. The van der Waals surface area contributed by atoms with Crippen molar-refractivity contribution < 1.29 is 18.0 Å². The van der Waals surface area contributed by atoms with Crippen molar-refractivity contribution in [2.45, 2.75) is 44.8 Å². The first kappa shape index (κ1) is 20.4. The minimum Gasteiger partial charge on any atom is -0.347 e. The standard InChI is InChI=1S/C19H19ClF3N3O2/c1-11-10-16(27)17(25-26(11)13-8-6-12(20)7-9-13)18(28)24-15-5-3-2-4-14(15)19(21,22)23/h6-10,14-15H,2-5H2,1H3,(H,24,28)/t14-,15-/m1/s1. The van der Waals surface area contributed by atoms with Gasteiger partial charge in [-0.1, -0.05) is 24.4 Å². The molecule has 0 unspecified atom stereocenters. The summed E-state index contributed by atoms with van der Waals surface area (Å²) >= 11 is 5.87. The van der Waals surface area contributed by atoms with Crippen molar-refractivity contribution in [1.29, 1.82) is 0 Å². The number of nitrogens with zero attached hydrogens (tertiary/aromatic N) is 2. The van der Waals surface area contributed by atoms with Crippen LogP contribution in [0.4, 0.5) is 13.2 Å². The summed E-state index contributed by atoms with van der Waals surface area (Å²) in [6.45, 7) is 1.64. The van der Waals surface area contributed by atoms with Crippen molar-refractivity contribution in [3.63, 3.8) is 0 Å². The molecule has 0 radical (unpaired) electrons. The number of aryl methyl sites for hydroxylation is 1. The Morgan fingerprint density at radius 1 is 1.21 bits per heavy atom. The Balaban J connectivity index is 1.90. The molecule has 2 atom stereocenters. The normalized spacial score (nSPS) is 20.0. The molecule has 1 aromatic heterocycles. The van der Waals surface area contributed by atoms with Gasteiger partial charge in [-0.15, -0.1) is 0 Å². The number of nitrogens with one attached hydrogen (secondary N) is 1. The Labute approximate surface area is 164 Å². The van der Waals surface area contributed by atoms with Crippen LogP contribution in [0.3, 0.4) is 0 Å². The molecule has 1 saturated carbocycles. The van der Waals surface area contributed by atoms with E-state index >= 15 is 0 Å². The highest BCUT2D eigenvalue weighted by molar-refractivity contribution is 6.30. The average Bonchev–Trinajstić information content (AvgIpc) is 2.62. The summed E-state index contributed by atoms with van der Waals surface area (Å²) < 4.78 is 41.1. The average molecular weight is 414 g/mol. The van der Waals surface area contributed by atoms with Crippen LogP contribution >= 0.6 is 11.6 Å². The monoisotopic (exact) mass is 413 g/mol. The Bertz CT molecular complexity index is 926. The summed E-state index contributed by atoms with van der Waals surface area (Å²) in [7, 11) is 0. The molecular weight excluding hydrogens is 395 g/mol. The van der Waals surface area contributed by atoms with Crippen LogP contribution in [-0.4, -0.2) is 27.9 Å². The fourth-order valence-corrected chi connectivity index (χ4v) is 3.61. The smallest absolute Gasteiger partial charge is 0.347 e. The zero-order valence-corrected chi connectivity index (χ0v) is 15.8. The number of alkyl halides is 3. The molecule has 1 amide bonds. The number of carbonyl (C=O) groups is 1. The van der Waals surface area contributed by atoms with Gasteiger partial charge >= 0.3 is 6.18 Å². The molecule has 28 heavy (non-hydrogen) atoms. The third-order valence-corrected chi connectivity index (χ3v) is 5.15. The van der Waals surface area contributed by atoms with Gasteiger partial charge in [0.15, 0.2) is 5.69 Å². The zero-order chi connectivity index (χ0) is 20.5. The van der Waals surface area contributed by atoms with Gasteiger partial charge in [-0.25, -0.2) is 4.68 Å². The molecule has 1 aliphatic carbocycles. The highest BCUT2D eigenvalue weighted by Crippen LogP contribution is 2.37. The summed E-state index contributed by atoms with van der Waals surface area (Å²) in [5, 5.41) is 6.99. The van der Waals surface area contributed by atoms with Crippen LogP contribution in [0.15, 0.2) is 35.1 Å². The fraction of sp³-hybridized carbons (Fsp3) is 0.421. The Hall–Kier alpha value is -2.35.